The van der Waals surface area contributed by atoms with Crippen LogP contribution in [0.2, 0.25) is 0 Å². The maximum absolute atomic E-state index is 12.4. The van der Waals surface area contributed by atoms with E-state index in [-0.39, 0.29) is 24.8 Å². The van der Waals surface area contributed by atoms with Gasteiger partial charge >= 0.3 is 5.97 Å². The zero-order chi connectivity index (χ0) is 20.6. The Labute approximate surface area is 163 Å². The Morgan fingerprint density at radius 2 is 1.79 bits per heavy atom. The molecule has 0 aliphatic rings. The number of nitrogens with zero attached hydrogens (tertiary/aromatic N) is 1. The number of nitrogens with one attached hydrogen (secondary N) is 3. The van der Waals surface area contributed by atoms with Crippen LogP contribution in [0.1, 0.15) is 26.0 Å². The van der Waals surface area contributed by atoms with Gasteiger partial charge in [0.05, 0.1) is 31.3 Å². The summed E-state index contributed by atoms with van der Waals surface area (Å²) >= 11 is 0. The van der Waals surface area contributed by atoms with E-state index in [4.69, 9.17) is 4.74 Å². The fourth-order valence-corrected chi connectivity index (χ4v) is 2.65. The van der Waals surface area contributed by atoms with E-state index in [9.17, 15) is 14.4 Å². The summed E-state index contributed by atoms with van der Waals surface area (Å²) in [6, 6.07) is 12.2. The van der Waals surface area contributed by atoms with Crippen LogP contribution in [0, 0.1) is 0 Å². The smallest absolute Gasteiger partial charge is 0.307 e. The third kappa shape index (κ3) is 6.17. The Kier molecular flexibility index (Phi) is 7.22. The minimum Gasteiger partial charge on any atom is -0.469 e. The average Bonchev–Trinajstić information content (AvgIpc) is 2.67. The highest BCUT2D eigenvalue weighted by Gasteiger charge is 2.31. The van der Waals surface area contributed by atoms with Crippen molar-refractivity contribution in [3.63, 3.8) is 0 Å². The number of methoxy groups -OCH3 is 1. The van der Waals surface area contributed by atoms with E-state index in [0.717, 1.165) is 0 Å². The molecule has 2 aromatic rings. The zero-order valence-corrected chi connectivity index (χ0v) is 16.1. The number of carbonyl (C=O) groups excluding carboxylic acids is 3. The Balaban J connectivity index is 2.05. The highest BCUT2D eigenvalue weighted by molar-refractivity contribution is 5.94. The van der Waals surface area contributed by atoms with Gasteiger partial charge in [0.1, 0.15) is 0 Å². The van der Waals surface area contributed by atoms with Crippen LogP contribution in [0.3, 0.4) is 0 Å². The van der Waals surface area contributed by atoms with Crippen molar-refractivity contribution < 1.29 is 19.1 Å². The summed E-state index contributed by atoms with van der Waals surface area (Å²) in [5, 5.41) is 8.52. The van der Waals surface area contributed by atoms with Crippen LogP contribution in [0.5, 0.6) is 0 Å². The molecule has 2 rings (SSSR count). The number of carbonyl (C=O) groups is 3. The fourth-order valence-electron chi connectivity index (χ4n) is 2.65. The second kappa shape index (κ2) is 9.61. The van der Waals surface area contributed by atoms with Crippen LogP contribution in [0.4, 0.5) is 11.4 Å². The highest BCUT2D eigenvalue weighted by atomic mass is 16.5. The SMILES string of the molecule is COC(=O)CC(C)(NCC(=O)Nc1cccc(NC(C)=O)c1)c1ccccn1. The first kappa shape index (κ1) is 21.0. The molecule has 148 valence electrons. The van der Waals surface area contributed by atoms with Crippen molar-refractivity contribution in [1.29, 1.82) is 0 Å². The number of ether oxygens (including phenoxy) is 1. The topological polar surface area (TPSA) is 109 Å². The second-order valence-electron chi connectivity index (χ2n) is 6.46. The van der Waals surface area contributed by atoms with Crippen LogP contribution in [0.25, 0.3) is 0 Å². The standard InChI is InChI=1S/C20H24N4O4/c1-14(25)23-15-7-6-8-16(11-15)24-18(26)13-22-20(2,12-19(27)28-3)17-9-4-5-10-21-17/h4-11,22H,12-13H2,1-3H3,(H,23,25)(H,24,26). The molecular formula is C20H24N4O4. The van der Waals surface area contributed by atoms with Crippen LogP contribution < -0.4 is 16.0 Å². The number of benzene rings is 1. The van der Waals surface area contributed by atoms with E-state index in [2.05, 4.69) is 20.9 Å². The van der Waals surface area contributed by atoms with E-state index in [1.807, 2.05) is 6.07 Å². The molecule has 0 bridgehead atoms. The molecular weight excluding hydrogens is 360 g/mol. The molecule has 8 heteroatoms. The minimum absolute atomic E-state index is 0.0197. The Hall–Kier alpha value is -3.26. The lowest BCUT2D eigenvalue weighted by atomic mass is 9.92. The average molecular weight is 384 g/mol. The minimum atomic E-state index is -0.871. The molecule has 8 nitrogen and oxygen atoms in total. The summed E-state index contributed by atoms with van der Waals surface area (Å²) < 4.78 is 4.77. The van der Waals surface area contributed by atoms with Gasteiger partial charge in [-0.2, -0.15) is 0 Å². The molecule has 0 aliphatic heterocycles. The van der Waals surface area contributed by atoms with Crippen LogP contribution in [-0.4, -0.2) is 36.4 Å². The monoisotopic (exact) mass is 384 g/mol. The van der Waals surface area contributed by atoms with Crippen molar-refractivity contribution in [1.82, 2.24) is 10.3 Å². The Bertz CT molecular complexity index is 841. The van der Waals surface area contributed by atoms with Gasteiger partial charge in [-0.3, -0.25) is 24.7 Å². The number of amides is 2. The van der Waals surface area contributed by atoms with Gasteiger partial charge in [-0.05, 0) is 37.3 Å². The van der Waals surface area contributed by atoms with Crippen molar-refractivity contribution >= 4 is 29.2 Å². The summed E-state index contributed by atoms with van der Waals surface area (Å²) in [6.45, 7) is 3.15. The number of rotatable bonds is 8. The van der Waals surface area contributed by atoms with Gasteiger partial charge in [0.2, 0.25) is 11.8 Å². The molecule has 0 saturated carbocycles. The van der Waals surface area contributed by atoms with Crippen molar-refractivity contribution in [3.05, 3.63) is 54.4 Å². The number of pyridine rings is 1. The summed E-state index contributed by atoms with van der Waals surface area (Å²) in [4.78, 5) is 39.7. The predicted octanol–water partition coefficient (Wildman–Crippen LogP) is 2.05. The molecule has 1 unspecified atom stereocenters. The van der Waals surface area contributed by atoms with Crippen molar-refractivity contribution in [2.45, 2.75) is 25.8 Å². The summed E-state index contributed by atoms with van der Waals surface area (Å²) in [7, 11) is 1.32. The maximum Gasteiger partial charge on any atom is 0.307 e. The van der Waals surface area contributed by atoms with E-state index >= 15 is 0 Å². The first-order valence-corrected chi connectivity index (χ1v) is 8.73. The summed E-state index contributed by atoms with van der Waals surface area (Å²) in [5.41, 5.74) is 0.887. The van der Waals surface area contributed by atoms with Crippen molar-refractivity contribution in [2.24, 2.45) is 0 Å². The molecule has 1 aromatic carbocycles. The van der Waals surface area contributed by atoms with E-state index < -0.39 is 11.5 Å². The fraction of sp³-hybridized carbons (Fsp3) is 0.300. The van der Waals surface area contributed by atoms with Gasteiger partial charge in [-0.15, -0.1) is 0 Å². The van der Waals surface area contributed by atoms with Crippen LogP contribution in [-0.2, 0) is 24.7 Å². The van der Waals surface area contributed by atoms with E-state index in [0.29, 0.717) is 17.1 Å². The molecule has 2 amide bonds. The normalized spacial score (nSPS) is 12.5. The molecule has 0 fully saturated rings. The number of hydrogen-bond donors (Lipinski definition) is 3. The summed E-state index contributed by atoms with van der Waals surface area (Å²) in [5.74, 6) is -0.907. The summed E-state index contributed by atoms with van der Waals surface area (Å²) in [6.07, 6.45) is 1.64. The van der Waals surface area contributed by atoms with Gasteiger partial charge in [0, 0.05) is 24.5 Å². The Morgan fingerprint density at radius 1 is 1.07 bits per heavy atom. The molecule has 3 N–H and O–H groups in total. The number of anilines is 2. The molecule has 1 aromatic heterocycles. The third-order valence-corrected chi connectivity index (χ3v) is 4.06. The highest BCUT2D eigenvalue weighted by Crippen LogP contribution is 2.23. The van der Waals surface area contributed by atoms with Crippen LogP contribution >= 0.6 is 0 Å². The van der Waals surface area contributed by atoms with Gasteiger partial charge in [0.15, 0.2) is 0 Å². The molecule has 0 aliphatic carbocycles. The van der Waals surface area contributed by atoms with Gasteiger partial charge in [0.25, 0.3) is 0 Å². The van der Waals surface area contributed by atoms with Gasteiger partial charge in [-0.25, -0.2) is 0 Å². The van der Waals surface area contributed by atoms with Gasteiger partial charge < -0.3 is 15.4 Å². The number of aromatic nitrogens is 1. The predicted molar refractivity (Wildman–Crippen MR) is 106 cm³/mol. The molecule has 0 spiro atoms. The van der Waals surface area contributed by atoms with Crippen LogP contribution in [0.15, 0.2) is 48.7 Å². The number of esters is 1. The van der Waals surface area contributed by atoms with E-state index in [1.54, 1.807) is 49.5 Å². The first-order chi connectivity index (χ1) is 13.3. The first-order valence-electron chi connectivity index (χ1n) is 8.73. The van der Waals surface area contributed by atoms with E-state index in [1.165, 1.54) is 14.0 Å². The molecule has 28 heavy (non-hydrogen) atoms. The largest absolute Gasteiger partial charge is 0.469 e. The third-order valence-electron chi connectivity index (χ3n) is 4.06. The lowest BCUT2D eigenvalue weighted by Crippen LogP contribution is -2.45. The zero-order valence-electron chi connectivity index (χ0n) is 16.1. The second-order valence-corrected chi connectivity index (χ2v) is 6.46. The molecule has 0 saturated heterocycles. The van der Waals surface area contributed by atoms with Crippen molar-refractivity contribution in [2.75, 3.05) is 24.3 Å². The van der Waals surface area contributed by atoms with Crippen molar-refractivity contribution in [3.8, 4) is 0 Å². The maximum atomic E-state index is 12.4. The molecule has 1 atom stereocenters. The lowest BCUT2D eigenvalue weighted by Gasteiger charge is -2.29. The lowest BCUT2D eigenvalue weighted by molar-refractivity contribution is -0.142. The van der Waals surface area contributed by atoms with Gasteiger partial charge in [-0.1, -0.05) is 12.1 Å². The molecule has 0 radical (unpaired) electrons. The molecule has 1 heterocycles. The quantitative estimate of drug-likeness (QED) is 0.601. The Morgan fingerprint density at radius 3 is 2.39 bits per heavy atom. The number of hydrogen-bond acceptors (Lipinski definition) is 6.